The highest BCUT2D eigenvalue weighted by Crippen LogP contribution is 2.21. The van der Waals surface area contributed by atoms with Crippen molar-refractivity contribution in [3.8, 4) is 0 Å². The van der Waals surface area contributed by atoms with E-state index >= 15 is 0 Å². The van der Waals surface area contributed by atoms with Crippen molar-refractivity contribution >= 4 is 5.91 Å². The van der Waals surface area contributed by atoms with E-state index in [4.69, 9.17) is 4.42 Å². The average molecular weight is 252 g/mol. The molecule has 6 heteroatoms. The first-order valence-corrected chi connectivity index (χ1v) is 6.22. The molecule has 1 fully saturated rings. The standard InChI is InChI=1S/C12H20N4O2/c1-8-10(17)13-5-6-16(8)7-9-14-15-11(18-9)12(2,3)4/h8H,5-7H2,1-4H3,(H,13,17)/t8-/m0/s1. The zero-order valence-corrected chi connectivity index (χ0v) is 11.4. The number of carbonyl (C=O) groups excluding carboxylic acids is 1. The minimum atomic E-state index is -0.149. The molecule has 2 rings (SSSR count). The van der Waals surface area contributed by atoms with Gasteiger partial charge in [0.15, 0.2) is 0 Å². The first kappa shape index (κ1) is 13.0. The van der Waals surface area contributed by atoms with Crippen molar-refractivity contribution in [3.05, 3.63) is 11.8 Å². The molecule has 18 heavy (non-hydrogen) atoms. The van der Waals surface area contributed by atoms with Crippen molar-refractivity contribution < 1.29 is 9.21 Å². The lowest BCUT2D eigenvalue weighted by molar-refractivity contribution is -0.128. The van der Waals surface area contributed by atoms with Crippen LogP contribution in [-0.4, -0.2) is 40.1 Å². The van der Waals surface area contributed by atoms with Gasteiger partial charge in [-0.2, -0.15) is 0 Å². The molecule has 0 unspecified atom stereocenters. The number of rotatable bonds is 2. The van der Waals surface area contributed by atoms with E-state index in [1.165, 1.54) is 0 Å². The fourth-order valence-electron chi connectivity index (χ4n) is 1.84. The summed E-state index contributed by atoms with van der Waals surface area (Å²) in [5.74, 6) is 1.25. The van der Waals surface area contributed by atoms with Gasteiger partial charge in [-0.3, -0.25) is 9.69 Å². The Labute approximate surface area is 107 Å². The largest absolute Gasteiger partial charge is 0.423 e. The second-order valence-corrected chi connectivity index (χ2v) is 5.69. The van der Waals surface area contributed by atoms with E-state index < -0.39 is 0 Å². The summed E-state index contributed by atoms with van der Waals surface area (Å²) < 4.78 is 5.64. The third kappa shape index (κ3) is 2.69. The van der Waals surface area contributed by atoms with Crippen LogP contribution in [0.5, 0.6) is 0 Å². The van der Waals surface area contributed by atoms with Crippen LogP contribution < -0.4 is 5.32 Å². The molecule has 1 atom stereocenters. The monoisotopic (exact) mass is 252 g/mol. The Bertz CT molecular complexity index is 436. The summed E-state index contributed by atoms with van der Waals surface area (Å²) in [6.45, 7) is 9.97. The minimum Gasteiger partial charge on any atom is -0.423 e. The molecule has 0 spiro atoms. The molecule has 0 aliphatic carbocycles. The van der Waals surface area contributed by atoms with Crippen LogP contribution in [-0.2, 0) is 16.8 Å². The van der Waals surface area contributed by atoms with Gasteiger partial charge in [-0.05, 0) is 6.92 Å². The molecule has 1 saturated heterocycles. The number of nitrogens with one attached hydrogen (secondary N) is 1. The summed E-state index contributed by atoms with van der Waals surface area (Å²) in [5.41, 5.74) is -0.143. The topological polar surface area (TPSA) is 71.3 Å². The molecule has 0 saturated carbocycles. The lowest BCUT2D eigenvalue weighted by Crippen LogP contribution is -2.53. The number of amides is 1. The first-order chi connectivity index (χ1) is 8.38. The fourth-order valence-corrected chi connectivity index (χ4v) is 1.84. The summed E-state index contributed by atoms with van der Waals surface area (Å²) in [6, 6.07) is -0.149. The lowest BCUT2D eigenvalue weighted by Gasteiger charge is -2.31. The van der Waals surface area contributed by atoms with Crippen LogP contribution in [0.1, 0.15) is 39.5 Å². The zero-order valence-electron chi connectivity index (χ0n) is 11.4. The van der Waals surface area contributed by atoms with Crippen LogP contribution in [0, 0.1) is 0 Å². The molecule has 1 aliphatic heterocycles. The maximum absolute atomic E-state index is 11.5. The Hall–Kier alpha value is -1.43. The van der Waals surface area contributed by atoms with Gasteiger partial charge in [-0.15, -0.1) is 10.2 Å². The molecular weight excluding hydrogens is 232 g/mol. The highest BCUT2D eigenvalue weighted by Gasteiger charge is 2.28. The van der Waals surface area contributed by atoms with E-state index in [1.807, 2.05) is 32.6 Å². The van der Waals surface area contributed by atoms with E-state index in [2.05, 4.69) is 15.5 Å². The minimum absolute atomic E-state index is 0.0526. The number of hydrogen-bond acceptors (Lipinski definition) is 5. The Morgan fingerprint density at radius 1 is 1.44 bits per heavy atom. The molecule has 6 nitrogen and oxygen atoms in total. The molecule has 0 bridgehead atoms. The van der Waals surface area contributed by atoms with Crippen LogP contribution in [0.25, 0.3) is 0 Å². The SMILES string of the molecule is C[C@H]1C(=O)NCCN1Cc1nnc(C(C)(C)C)o1. The zero-order chi connectivity index (χ0) is 13.3. The third-order valence-electron chi connectivity index (χ3n) is 3.07. The summed E-state index contributed by atoms with van der Waals surface area (Å²) in [6.07, 6.45) is 0. The molecule has 100 valence electrons. The Morgan fingerprint density at radius 3 is 2.78 bits per heavy atom. The van der Waals surface area contributed by atoms with Crippen LogP contribution >= 0.6 is 0 Å². The van der Waals surface area contributed by atoms with Crippen molar-refractivity contribution in [1.82, 2.24) is 20.4 Å². The van der Waals surface area contributed by atoms with Gasteiger partial charge in [-0.1, -0.05) is 20.8 Å². The molecule has 1 aliphatic rings. The van der Waals surface area contributed by atoms with E-state index in [0.29, 0.717) is 24.9 Å². The molecule has 0 aromatic carbocycles. The summed E-state index contributed by atoms with van der Waals surface area (Å²) in [4.78, 5) is 13.6. The van der Waals surface area contributed by atoms with Gasteiger partial charge in [0, 0.05) is 18.5 Å². The summed E-state index contributed by atoms with van der Waals surface area (Å²) >= 11 is 0. The highest BCUT2D eigenvalue weighted by molar-refractivity contribution is 5.81. The van der Waals surface area contributed by atoms with E-state index in [1.54, 1.807) is 0 Å². The number of carbonyl (C=O) groups is 1. The average Bonchev–Trinajstić information content (AvgIpc) is 2.73. The van der Waals surface area contributed by atoms with Crippen molar-refractivity contribution in [2.45, 2.75) is 45.7 Å². The van der Waals surface area contributed by atoms with E-state index in [-0.39, 0.29) is 17.4 Å². The molecule has 1 N–H and O–H groups in total. The Kier molecular flexibility index (Phi) is 3.38. The lowest BCUT2D eigenvalue weighted by atomic mass is 9.97. The van der Waals surface area contributed by atoms with Crippen molar-refractivity contribution in [2.75, 3.05) is 13.1 Å². The van der Waals surface area contributed by atoms with Crippen LogP contribution in [0.3, 0.4) is 0 Å². The quantitative estimate of drug-likeness (QED) is 0.838. The van der Waals surface area contributed by atoms with Gasteiger partial charge in [0.1, 0.15) is 0 Å². The molecule has 1 aromatic heterocycles. The van der Waals surface area contributed by atoms with Gasteiger partial charge < -0.3 is 9.73 Å². The highest BCUT2D eigenvalue weighted by atomic mass is 16.4. The van der Waals surface area contributed by atoms with E-state index in [0.717, 1.165) is 6.54 Å². The maximum Gasteiger partial charge on any atom is 0.237 e. The fraction of sp³-hybridized carbons (Fsp3) is 0.750. The molecule has 1 amide bonds. The van der Waals surface area contributed by atoms with Gasteiger partial charge in [0.25, 0.3) is 0 Å². The van der Waals surface area contributed by atoms with Gasteiger partial charge in [0.05, 0.1) is 12.6 Å². The van der Waals surface area contributed by atoms with Gasteiger partial charge in [-0.25, -0.2) is 0 Å². The second-order valence-electron chi connectivity index (χ2n) is 5.69. The second kappa shape index (κ2) is 4.68. The predicted octanol–water partition coefficient (Wildman–Crippen LogP) is 0.687. The molecule has 0 radical (unpaired) electrons. The number of hydrogen-bond donors (Lipinski definition) is 1. The van der Waals surface area contributed by atoms with Crippen molar-refractivity contribution in [1.29, 1.82) is 0 Å². The molecule has 2 heterocycles. The van der Waals surface area contributed by atoms with Crippen molar-refractivity contribution in [3.63, 3.8) is 0 Å². The van der Waals surface area contributed by atoms with Crippen LogP contribution in [0.4, 0.5) is 0 Å². The Balaban J connectivity index is 2.05. The Morgan fingerprint density at radius 2 is 2.17 bits per heavy atom. The normalized spacial score (nSPS) is 22.0. The predicted molar refractivity (Wildman–Crippen MR) is 65.9 cm³/mol. The molecular formula is C12H20N4O2. The smallest absolute Gasteiger partial charge is 0.237 e. The maximum atomic E-state index is 11.5. The third-order valence-corrected chi connectivity index (χ3v) is 3.07. The number of nitrogens with zero attached hydrogens (tertiary/aromatic N) is 3. The van der Waals surface area contributed by atoms with Crippen molar-refractivity contribution in [2.24, 2.45) is 0 Å². The summed E-state index contributed by atoms with van der Waals surface area (Å²) in [5, 5.41) is 10.9. The number of piperazine rings is 1. The van der Waals surface area contributed by atoms with Gasteiger partial charge >= 0.3 is 0 Å². The first-order valence-electron chi connectivity index (χ1n) is 6.22. The number of aromatic nitrogens is 2. The molecule has 1 aromatic rings. The van der Waals surface area contributed by atoms with E-state index in [9.17, 15) is 4.79 Å². The van der Waals surface area contributed by atoms with Crippen LogP contribution in [0.15, 0.2) is 4.42 Å². The van der Waals surface area contributed by atoms with Crippen LogP contribution in [0.2, 0.25) is 0 Å². The van der Waals surface area contributed by atoms with Gasteiger partial charge in [0.2, 0.25) is 17.7 Å². The summed E-state index contributed by atoms with van der Waals surface area (Å²) in [7, 11) is 0.